The van der Waals surface area contributed by atoms with Crippen LogP contribution in [0.25, 0.3) is 0 Å². The Balaban J connectivity index is 2.97. The minimum absolute atomic E-state index is 0.212. The summed E-state index contributed by atoms with van der Waals surface area (Å²) in [5.74, 6) is 0. The van der Waals surface area contributed by atoms with E-state index in [1.165, 1.54) is 0 Å². The highest BCUT2D eigenvalue weighted by Gasteiger charge is 2.01. The SMILES string of the molecule is [CH2]CCC(Cl)CCCCF. The molecular formula is C8H15ClF. The zero-order valence-electron chi connectivity index (χ0n) is 6.28. The van der Waals surface area contributed by atoms with Crippen LogP contribution >= 0.6 is 11.6 Å². The van der Waals surface area contributed by atoms with Crippen molar-refractivity contribution < 1.29 is 4.39 Å². The van der Waals surface area contributed by atoms with Crippen molar-refractivity contribution in [2.24, 2.45) is 0 Å². The Morgan fingerprint density at radius 2 is 2.00 bits per heavy atom. The summed E-state index contributed by atoms with van der Waals surface area (Å²) >= 11 is 5.85. The number of hydrogen-bond donors (Lipinski definition) is 0. The van der Waals surface area contributed by atoms with Gasteiger partial charge in [0.15, 0.2) is 0 Å². The molecule has 0 fully saturated rings. The summed E-state index contributed by atoms with van der Waals surface area (Å²) < 4.78 is 11.6. The van der Waals surface area contributed by atoms with Crippen LogP contribution in [0.5, 0.6) is 0 Å². The summed E-state index contributed by atoms with van der Waals surface area (Å²) in [5.41, 5.74) is 0. The van der Waals surface area contributed by atoms with Gasteiger partial charge in [-0.25, -0.2) is 0 Å². The second-order valence-corrected chi connectivity index (χ2v) is 3.04. The predicted molar refractivity (Wildman–Crippen MR) is 44.1 cm³/mol. The second kappa shape index (κ2) is 7.33. The number of alkyl halides is 2. The lowest BCUT2D eigenvalue weighted by molar-refractivity contribution is 0.452. The Kier molecular flexibility index (Phi) is 7.49. The highest BCUT2D eigenvalue weighted by Crippen LogP contribution is 2.12. The van der Waals surface area contributed by atoms with Crippen molar-refractivity contribution in [3.05, 3.63) is 6.92 Å². The van der Waals surface area contributed by atoms with Crippen LogP contribution in [0.1, 0.15) is 32.1 Å². The lowest BCUT2D eigenvalue weighted by atomic mass is 10.1. The van der Waals surface area contributed by atoms with Gasteiger partial charge in [-0.1, -0.05) is 13.3 Å². The number of rotatable bonds is 6. The molecule has 1 unspecified atom stereocenters. The first-order valence-electron chi connectivity index (χ1n) is 3.80. The first-order chi connectivity index (χ1) is 4.81. The molecule has 0 saturated carbocycles. The largest absolute Gasteiger partial charge is 0.251 e. The summed E-state index contributed by atoms with van der Waals surface area (Å²) in [7, 11) is 0. The van der Waals surface area contributed by atoms with Crippen LogP contribution in [-0.4, -0.2) is 12.1 Å². The molecule has 0 aliphatic rings. The molecule has 0 aromatic heterocycles. The molecule has 0 rings (SSSR count). The van der Waals surface area contributed by atoms with Gasteiger partial charge >= 0.3 is 0 Å². The molecule has 0 N–H and O–H groups in total. The van der Waals surface area contributed by atoms with Crippen molar-refractivity contribution in [2.45, 2.75) is 37.5 Å². The second-order valence-electron chi connectivity index (χ2n) is 2.42. The average molecular weight is 166 g/mol. The van der Waals surface area contributed by atoms with Crippen LogP contribution < -0.4 is 0 Å². The fourth-order valence-corrected chi connectivity index (χ4v) is 1.13. The van der Waals surface area contributed by atoms with E-state index in [9.17, 15) is 4.39 Å². The Morgan fingerprint density at radius 3 is 2.50 bits per heavy atom. The molecule has 0 aliphatic carbocycles. The zero-order valence-corrected chi connectivity index (χ0v) is 7.04. The summed E-state index contributed by atoms with van der Waals surface area (Å²) in [6.07, 6.45) is 4.32. The minimum atomic E-state index is -0.214. The van der Waals surface area contributed by atoms with Crippen molar-refractivity contribution in [3.63, 3.8) is 0 Å². The van der Waals surface area contributed by atoms with Crippen LogP contribution in [0.3, 0.4) is 0 Å². The number of unbranched alkanes of at least 4 members (excludes halogenated alkanes) is 1. The van der Waals surface area contributed by atoms with Gasteiger partial charge in [0.05, 0.1) is 6.67 Å². The van der Waals surface area contributed by atoms with Crippen molar-refractivity contribution in [2.75, 3.05) is 6.67 Å². The smallest absolute Gasteiger partial charge is 0.0894 e. The maximum Gasteiger partial charge on any atom is 0.0894 e. The summed E-state index contributed by atoms with van der Waals surface area (Å²) in [4.78, 5) is 0. The fourth-order valence-electron chi connectivity index (χ4n) is 0.826. The molecule has 0 bridgehead atoms. The van der Waals surface area contributed by atoms with Gasteiger partial charge in [-0.2, -0.15) is 0 Å². The molecular weight excluding hydrogens is 151 g/mol. The van der Waals surface area contributed by atoms with Gasteiger partial charge in [-0.3, -0.25) is 4.39 Å². The lowest BCUT2D eigenvalue weighted by Gasteiger charge is -2.05. The minimum Gasteiger partial charge on any atom is -0.251 e. The molecule has 10 heavy (non-hydrogen) atoms. The normalized spacial score (nSPS) is 13.5. The summed E-state index contributed by atoms with van der Waals surface area (Å²) in [5, 5.41) is 0.212. The monoisotopic (exact) mass is 165 g/mol. The standard InChI is InChI=1S/C8H15ClF/c1-2-5-8(9)6-3-4-7-10/h8H,1-7H2. The van der Waals surface area contributed by atoms with E-state index in [2.05, 4.69) is 6.92 Å². The van der Waals surface area contributed by atoms with Crippen LogP contribution in [0.15, 0.2) is 0 Å². The Labute approximate surface area is 67.8 Å². The third-order valence-electron chi connectivity index (χ3n) is 1.42. The van der Waals surface area contributed by atoms with E-state index in [1.807, 2.05) is 0 Å². The molecule has 0 aliphatic heterocycles. The Morgan fingerprint density at radius 1 is 1.30 bits per heavy atom. The van der Waals surface area contributed by atoms with Crippen LogP contribution in [-0.2, 0) is 0 Å². The molecule has 61 valence electrons. The van der Waals surface area contributed by atoms with Crippen LogP contribution in [0.4, 0.5) is 4.39 Å². The molecule has 0 amide bonds. The molecule has 1 radical (unpaired) electrons. The van der Waals surface area contributed by atoms with Crippen molar-refractivity contribution in [1.29, 1.82) is 0 Å². The van der Waals surface area contributed by atoms with E-state index < -0.39 is 0 Å². The van der Waals surface area contributed by atoms with E-state index >= 15 is 0 Å². The van der Waals surface area contributed by atoms with E-state index in [1.54, 1.807) is 0 Å². The molecule has 0 heterocycles. The topological polar surface area (TPSA) is 0 Å². The van der Waals surface area contributed by atoms with Crippen molar-refractivity contribution >= 4 is 11.6 Å². The lowest BCUT2D eigenvalue weighted by Crippen LogP contribution is -1.97. The maximum atomic E-state index is 11.6. The third kappa shape index (κ3) is 6.34. The number of hydrogen-bond acceptors (Lipinski definition) is 0. The molecule has 0 saturated heterocycles. The van der Waals surface area contributed by atoms with E-state index in [-0.39, 0.29) is 12.1 Å². The first-order valence-corrected chi connectivity index (χ1v) is 4.24. The van der Waals surface area contributed by atoms with Crippen LogP contribution in [0, 0.1) is 6.92 Å². The highest BCUT2D eigenvalue weighted by molar-refractivity contribution is 6.20. The van der Waals surface area contributed by atoms with Crippen molar-refractivity contribution in [1.82, 2.24) is 0 Å². The van der Waals surface area contributed by atoms with E-state index in [0.717, 1.165) is 25.7 Å². The Hall–Kier alpha value is 0.220. The van der Waals surface area contributed by atoms with Gasteiger partial charge in [0.2, 0.25) is 0 Å². The summed E-state index contributed by atoms with van der Waals surface area (Å²) in [6.45, 7) is 3.48. The van der Waals surface area contributed by atoms with Gasteiger partial charge < -0.3 is 0 Å². The molecule has 0 aromatic carbocycles. The van der Waals surface area contributed by atoms with Gasteiger partial charge in [-0.05, 0) is 25.7 Å². The molecule has 0 aromatic rings. The molecule has 0 nitrogen and oxygen atoms in total. The van der Waals surface area contributed by atoms with Gasteiger partial charge in [0.1, 0.15) is 0 Å². The number of halogens is 2. The van der Waals surface area contributed by atoms with Gasteiger partial charge in [0, 0.05) is 5.38 Å². The quantitative estimate of drug-likeness (QED) is 0.418. The Bertz CT molecular complexity index is 66.3. The molecule has 1 atom stereocenters. The third-order valence-corrected chi connectivity index (χ3v) is 1.85. The molecule has 2 heteroatoms. The van der Waals surface area contributed by atoms with E-state index in [0.29, 0.717) is 6.42 Å². The molecule has 0 spiro atoms. The van der Waals surface area contributed by atoms with Crippen molar-refractivity contribution in [3.8, 4) is 0 Å². The highest BCUT2D eigenvalue weighted by atomic mass is 35.5. The zero-order chi connectivity index (χ0) is 7.82. The van der Waals surface area contributed by atoms with Gasteiger partial charge in [0.25, 0.3) is 0 Å². The summed E-state index contributed by atoms with van der Waals surface area (Å²) in [6, 6.07) is 0. The first kappa shape index (κ1) is 10.2. The average Bonchev–Trinajstić information content (AvgIpc) is 1.89. The van der Waals surface area contributed by atoms with E-state index in [4.69, 9.17) is 11.6 Å². The maximum absolute atomic E-state index is 11.6. The fraction of sp³-hybridized carbons (Fsp3) is 0.875. The van der Waals surface area contributed by atoms with Gasteiger partial charge in [-0.15, -0.1) is 11.6 Å². The predicted octanol–water partition coefficient (Wildman–Crippen LogP) is 3.35. The van der Waals surface area contributed by atoms with Crippen LogP contribution in [0.2, 0.25) is 0 Å².